The van der Waals surface area contributed by atoms with Crippen molar-refractivity contribution in [1.29, 1.82) is 0 Å². The summed E-state index contributed by atoms with van der Waals surface area (Å²) in [5.41, 5.74) is 6.49. The van der Waals surface area contributed by atoms with Crippen LogP contribution in [0.3, 0.4) is 0 Å². The maximum absolute atomic E-state index is 12.4. The van der Waals surface area contributed by atoms with Gasteiger partial charge in [0.05, 0.1) is 37.9 Å². The Balaban J connectivity index is 0.852. The number of imidazole rings is 1. The highest BCUT2D eigenvalue weighted by atomic mass is 16.7. The number of anilines is 1. The molecule has 2 aliphatic heterocycles. The molecular formula is C34H50N8O16. The van der Waals surface area contributed by atoms with Crippen LogP contribution < -0.4 is 11.3 Å². The Labute approximate surface area is 329 Å². The second kappa shape index (κ2) is 19.3. The molecule has 4 unspecified atom stereocenters. The topological polar surface area (TPSA) is 355 Å². The molecule has 6 rings (SSSR count). The van der Waals surface area contributed by atoms with E-state index >= 15 is 0 Å². The maximum Gasteiger partial charge on any atom is 0.508 e. The Morgan fingerprint density at radius 2 is 1.67 bits per heavy atom. The fourth-order valence-corrected chi connectivity index (χ4v) is 7.19. The van der Waals surface area contributed by atoms with Crippen LogP contribution in [0.2, 0.25) is 0 Å². The maximum atomic E-state index is 12.4. The number of aromatic nitrogens is 7. The predicted molar refractivity (Wildman–Crippen MR) is 192 cm³/mol. The quantitative estimate of drug-likeness (QED) is 0.0356. The molecule has 24 nitrogen and oxygen atoms in total. The Morgan fingerprint density at radius 3 is 2.43 bits per heavy atom. The van der Waals surface area contributed by atoms with Crippen LogP contribution in [0.25, 0.3) is 11.2 Å². The molecule has 3 aliphatic rings. The van der Waals surface area contributed by atoms with Gasteiger partial charge in [-0.2, -0.15) is 4.98 Å². The van der Waals surface area contributed by atoms with E-state index < -0.39 is 104 Å². The fourth-order valence-electron chi connectivity index (χ4n) is 7.19. The first-order valence-corrected chi connectivity index (χ1v) is 18.8. The lowest BCUT2D eigenvalue weighted by atomic mass is 9.97. The van der Waals surface area contributed by atoms with E-state index in [-0.39, 0.29) is 43.4 Å². The zero-order valence-corrected chi connectivity index (χ0v) is 31.2. The number of hydrogen-bond acceptors (Lipinski definition) is 21. The summed E-state index contributed by atoms with van der Waals surface area (Å²) in [7, 11) is 0. The van der Waals surface area contributed by atoms with Crippen LogP contribution >= 0.6 is 0 Å². The number of nitrogens with two attached hydrogens (primary N) is 1. The number of ether oxygens (including phenoxy) is 6. The third-order valence-electron chi connectivity index (χ3n) is 10.4. The first-order valence-electron chi connectivity index (χ1n) is 18.8. The number of nitrogens with one attached hydrogen (secondary N) is 1. The summed E-state index contributed by atoms with van der Waals surface area (Å²) in [6.07, 6.45) is -11.0. The number of fused-ring (bicyclic) bond motifs is 1. The summed E-state index contributed by atoms with van der Waals surface area (Å²) in [6, 6.07) is -0.461. The monoisotopic (exact) mass is 826 g/mol. The fraction of sp³-hybridized carbons (Fsp3) is 0.706. The normalized spacial score (nSPS) is 32.8. The van der Waals surface area contributed by atoms with Gasteiger partial charge in [-0.3, -0.25) is 14.5 Å². The number of H-pyrrole nitrogens is 1. The van der Waals surface area contributed by atoms with Crippen LogP contribution in [0.15, 0.2) is 29.5 Å². The number of aryl methyl sites for hydroxylation is 1. The average molecular weight is 827 g/mol. The van der Waals surface area contributed by atoms with Gasteiger partial charge < -0.3 is 79.6 Å². The van der Waals surface area contributed by atoms with E-state index in [1.54, 1.807) is 15.4 Å². The van der Waals surface area contributed by atoms with Crippen molar-refractivity contribution in [3.63, 3.8) is 0 Å². The van der Waals surface area contributed by atoms with E-state index in [0.717, 1.165) is 19.3 Å². The van der Waals surface area contributed by atoms with Gasteiger partial charge in [-0.1, -0.05) is 24.6 Å². The van der Waals surface area contributed by atoms with Crippen molar-refractivity contribution in [1.82, 2.24) is 34.5 Å². The average Bonchev–Trinajstić information content (AvgIpc) is 3.92. The van der Waals surface area contributed by atoms with Crippen molar-refractivity contribution >= 4 is 23.3 Å². The molecule has 0 radical (unpaired) electrons. The zero-order chi connectivity index (χ0) is 41.7. The summed E-state index contributed by atoms with van der Waals surface area (Å²) >= 11 is 0. The van der Waals surface area contributed by atoms with Gasteiger partial charge in [0.2, 0.25) is 5.95 Å². The van der Waals surface area contributed by atoms with Crippen molar-refractivity contribution < 1.29 is 74.1 Å². The number of rotatable bonds is 17. The zero-order valence-electron chi connectivity index (χ0n) is 31.2. The molecule has 0 aromatic carbocycles. The van der Waals surface area contributed by atoms with Gasteiger partial charge in [-0.15, -0.1) is 5.10 Å². The van der Waals surface area contributed by atoms with Gasteiger partial charge >= 0.3 is 6.16 Å². The highest BCUT2D eigenvalue weighted by Crippen LogP contribution is 2.40. The largest absolute Gasteiger partial charge is 0.508 e. The molecule has 1 aliphatic carbocycles. The van der Waals surface area contributed by atoms with E-state index in [0.29, 0.717) is 24.2 Å². The molecule has 0 spiro atoms. The second-order valence-corrected chi connectivity index (χ2v) is 14.4. The van der Waals surface area contributed by atoms with Gasteiger partial charge in [0, 0.05) is 19.1 Å². The number of aliphatic hydroxyl groups excluding tert-OH is 8. The lowest BCUT2D eigenvalue weighted by Gasteiger charge is -2.45. The minimum atomic E-state index is -1.76. The van der Waals surface area contributed by atoms with E-state index in [9.17, 15) is 50.4 Å². The van der Waals surface area contributed by atoms with Crippen molar-refractivity contribution in [3.8, 4) is 0 Å². The number of aromatic amines is 1. The Morgan fingerprint density at radius 1 is 0.948 bits per heavy atom. The van der Waals surface area contributed by atoms with Crippen molar-refractivity contribution in [2.45, 2.75) is 119 Å². The molecule has 5 heterocycles. The van der Waals surface area contributed by atoms with Crippen molar-refractivity contribution in [2.24, 2.45) is 5.92 Å². The molecular weight excluding hydrogens is 776 g/mol. The molecule has 0 amide bonds. The Kier molecular flexibility index (Phi) is 14.4. The number of hydrogen-bond donors (Lipinski definition) is 10. The molecule has 0 bridgehead atoms. The van der Waals surface area contributed by atoms with Crippen molar-refractivity contribution in [2.75, 3.05) is 32.2 Å². The van der Waals surface area contributed by atoms with Gasteiger partial charge in [-0.05, 0) is 24.8 Å². The summed E-state index contributed by atoms with van der Waals surface area (Å²) in [6.45, 7) is 3.00. The molecule has 1 saturated carbocycles. The van der Waals surface area contributed by atoms with E-state index in [4.69, 9.17) is 34.2 Å². The van der Waals surface area contributed by atoms with Gasteiger partial charge in [0.1, 0.15) is 67.7 Å². The van der Waals surface area contributed by atoms with Gasteiger partial charge in [0.25, 0.3) is 5.56 Å². The molecule has 13 atom stereocenters. The summed E-state index contributed by atoms with van der Waals surface area (Å²) in [5.74, 6) is -0.684. The lowest BCUT2D eigenvalue weighted by molar-refractivity contribution is -0.359. The molecule has 322 valence electrons. The number of unbranched alkanes of at least 4 members (excludes halogenated alkanes) is 3. The number of aliphatic hydroxyl groups is 8. The first kappa shape index (κ1) is 43.4. The third-order valence-corrected chi connectivity index (χ3v) is 10.4. The molecule has 3 aromatic rings. The highest BCUT2D eigenvalue weighted by Gasteiger charge is 2.50. The highest BCUT2D eigenvalue weighted by molar-refractivity contribution is 5.71. The first-order chi connectivity index (χ1) is 27.8. The van der Waals surface area contributed by atoms with Crippen LogP contribution in [-0.2, 0) is 41.6 Å². The molecule has 2 saturated heterocycles. The standard InChI is InChI=1S/C34H50N8O16/c1-15-17(19(45)8-18(15)42-14-36-22-29(42)37-33(35)38-30(22)51)13-55-34(52)54-12-16-9-41(40-39-16)6-4-2-3-5-7-53-31-27(50)25(48)28(21(11-44)57-31)58-32-26(49)24(47)23(46)20(10-43)56-32/h9,14,17-21,23-28,31-32,43-50H,1-8,10-13H2,(H3,35,37,38,51)/t17-,18-,19-,20?,21?,23-,24-,25+,26?,27?,28+,31+,32-/m0/s1. The number of nitrogen functional groups attached to an aromatic ring is 1. The molecule has 3 fully saturated rings. The number of carbonyl (C=O) groups is 1. The van der Waals surface area contributed by atoms with Crippen LogP contribution in [-0.4, -0.2) is 175 Å². The van der Waals surface area contributed by atoms with Crippen molar-refractivity contribution in [3.05, 3.63) is 40.7 Å². The number of nitrogens with zero attached hydrogens (tertiary/aromatic N) is 6. The van der Waals surface area contributed by atoms with Gasteiger partial charge in [0.15, 0.2) is 23.7 Å². The van der Waals surface area contributed by atoms with Crippen LogP contribution in [0.4, 0.5) is 10.7 Å². The third kappa shape index (κ3) is 9.64. The molecule has 24 heteroatoms. The number of carbonyl (C=O) groups excluding carboxylic acids is 1. The van der Waals surface area contributed by atoms with Crippen LogP contribution in [0.5, 0.6) is 0 Å². The Hall–Kier alpha value is -4.18. The van der Waals surface area contributed by atoms with Crippen LogP contribution in [0, 0.1) is 5.92 Å². The van der Waals surface area contributed by atoms with E-state index in [1.807, 2.05) is 0 Å². The molecule has 58 heavy (non-hydrogen) atoms. The lowest BCUT2D eigenvalue weighted by Crippen LogP contribution is -2.64. The van der Waals surface area contributed by atoms with E-state index in [1.165, 1.54) is 6.33 Å². The van der Waals surface area contributed by atoms with E-state index in [2.05, 4.69) is 31.8 Å². The summed E-state index contributed by atoms with van der Waals surface area (Å²) < 4.78 is 35.8. The summed E-state index contributed by atoms with van der Waals surface area (Å²) in [5, 5.41) is 89.7. The predicted octanol–water partition coefficient (Wildman–Crippen LogP) is -3.67. The molecule has 11 N–H and O–H groups in total. The smallest absolute Gasteiger partial charge is 0.434 e. The minimum absolute atomic E-state index is 0.0772. The van der Waals surface area contributed by atoms with Crippen LogP contribution in [0.1, 0.15) is 43.8 Å². The Bertz CT molecular complexity index is 1890. The summed E-state index contributed by atoms with van der Waals surface area (Å²) in [4.78, 5) is 35.2. The minimum Gasteiger partial charge on any atom is -0.434 e. The molecule has 3 aromatic heterocycles. The SMILES string of the molecule is C=C1[C@H](COC(=O)OCc2cn(CCCCCCO[C@@H]3OC(CO)[C@@H](O[C@@H]4OC(CO)[C@H](O)[C@H](O)C4O)[C@H](O)C3O)nn2)[C@@H](O)C[C@@H]1n1cnc2c(=O)[nH]c(N)nc21. The second-order valence-electron chi connectivity index (χ2n) is 14.4. The van der Waals surface area contributed by atoms with Gasteiger partial charge in [-0.25, -0.2) is 9.78 Å².